The Morgan fingerprint density at radius 3 is 2.57 bits per heavy atom. The molecule has 1 N–H and O–H groups in total. The number of carbonyl (C=O) groups excluding carboxylic acids is 1. The number of aliphatic carboxylic acids is 1. The number of amides is 1. The lowest BCUT2D eigenvalue weighted by Crippen LogP contribution is -2.31. The Kier molecular flexibility index (Phi) is 5.28. The highest BCUT2D eigenvalue weighted by Gasteiger charge is 2.40. The number of hydrogen-bond donors (Lipinski definition) is 1. The molecular formula is C16H21NO3S. The predicted octanol–water partition coefficient (Wildman–Crippen LogP) is 2.45. The summed E-state index contributed by atoms with van der Waals surface area (Å²) in [5.41, 5.74) is 0.998. The van der Waals surface area contributed by atoms with Crippen molar-refractivity contribution in [3.05, 3.63) is 35.9 Å². The smallest absolute Gasteiger partial charge is 0.308 e. The topological polar surface area (TPSA) is 57.6 Å². The lowest BCUT2D eigenvalue weighted by atomic mass is 9.89. The minimum absolute atomic E-state index is 0.0570. The van der Waals surface area contributed by atoms with Crippen LogP contribution in [0.25, 0.3) is 0 Å². The number of nitrogens with zero attached hydrogens (tertiary/aromatic N) is 1. The first-order chi connectivity index (χ1) is 10.0. The molecule has 21 heavy (non-hydrogen) atoms. The summed E-state index contributed by atoms with van der Waals surface area (Å²) in [5.74, 6) is -1.39. The van der Waals surface area contributed by atoms with Crippen LogP contribution in [0.15, 0.2) is 30.3 Å². The zero-order chi connectivity index (χ0) is 15.4. The maximum atomic E-state index is 12.3. The van der Waals surface area contributed by atoms with E-state index in [2.05, 4.69) is 0 Å². The molecule has 1 aliphatic heterocycles. The molecule has 1 fully saturated rings. The summed E-state index contributed by atoms with van der Waals surface area (Å²) >= 11 is 1.65. The highest BCUT2D eigenvalue weighted by Crippen LogP contribution is 2.33. The van der Waals surface area contributed by atoms with Gasteiger partial charge in [-0.25, -0.2) is 0 Å². The third kappa shape index (κ3) is 3.79. The molecule has 0 radical (unpaired) electrons. The SMILES string of the molecule is CSC(C)CC(=O)N1CC(C(=O)O)C(c2ccccc2)C1. The highest BCUT2D eigenvalue weighted by molar-refractivity contribution is 7.99. The third-order valence-corrected chi connectivity index (χ3v) is 5.05. The van der Waals surface area contributed by atoms with Crippen molar-refractivity contribution >= 4 is 23.6 Å². The summed E-state index contributed by atoms with van der Waals surface area (Å²) in [6.07, 6.45) is 2.45. The minimum atomic E-state index is -0.822. The maximum absolute atomic E-state index is 12.3. The van der Waals surface area contributed by atoms with Crippen molar-refractivity contribution in [2.75, 3.05) is 19.3 Å². The van der Waals surface area contributed by atoms with Gasteiger partial charge in [-0.2, -0.15) is 11.8 Å². The largest absolute Gasteiger partial charge is 0.481 e. The van der Waals surface area contributed by atoms with Gasteiger partial charge in [0.1, 0.15) is 0 Å². The Balaban J connectivity index is 2.12. The molecule has 1 aliphatic rings. The Morgan fingerprint density at radius 1 is 1.33 bits per heavy atom. The van der Waals surface area contributed by atoms with Crippen molar-refractivity contribution in [2.45, 2.75) is 24.5 Å². The van der Waals surface area contributed by atoms with Crippen LogP contribution < -0.4 is 0 Å². The van der Waals surface area contributed by atoms with E-state index in [1.807, 2.05) is 43.5 Å². The van der Waals surface area contributed by atoms with Crippen molar-refractivity contribution in [1.29, 1.82) is 0 Å². The second-order valence-electron chi connectivity index (χ2n) is 5.51. The van der Waals surface area contributed by atoms with Crippen LogP contribution in [-0.2, 0) is 9.59 Å². The Labute approximate surface area is 129 Å². The monoisotopic (exact) mass is 307 g/mol. The molecule has 0 aromatic heterocycles. The molecule has 1 aromatic rings. The Hall–Kier alpha value is -1.49. The van der Waals surface area contributed by atoms with Gasteiger partial charge in [0.2, 0.25) is 5.91 Å². The van der Waals surface area contributed by atoms with Crippen molar-refractivity contribution in [1.82, 2.24) is 4.90 Å². The van der Waals surface area contributed by atoms with E-state index in [9.17, 15) is 14.7 Å². The fraction of sp³-hybridized carbons (Fsp3) is 0.500. The van der Waals surface area contributed by atoms with E-state index in [-0.39, 0.29) is 17.1 Å². The molecule has 1 aromatic carbocycles. The molecule has 1 saturated heterocycles. The second-order valence-corrected chi connectivity index (χ2v) is 6.79. The molecular weight excluding hydrogens is 286 g/mol. The van der Waals surface area contributed by atoms with Gasteiger partial charge in [0.05, 0.1) is 5.92 Å². The number of hydrogen-bond acceptors (Lipinski definition) is 3. The van der Waals surface area contributed by atoms with Gasteiger partial charge in [-0.15, -0.1) is 0 Å². The van der Waals surface area contributed by atoms with E-state index < -0.39 is 11.9 Å². The number of benzene rings is 1. The second kappa shape index (κ2) is 6.98. The fourth-order valence-corrected chi connectivity index (χ4v) is 3.06. The van der Waals surface area contributed by atoms with Gasteiger partial charge in [-0.3, -0.25) is 9.59 Å². The molecule has 4 nitrogen and oxygen atoms in total. The molecule has 0 spiro atoms. The van der Waals surface area contributed by atoms with Crippen LogP contribution in [0.3, 0.4) is 0 Å². The van der Waals surface area contributed by atoms with Crippen LogP contribution in [0.2, 0.25) is 0 Å². The van der Waals surface area contributed by atoms with Crippen molar-refractivity contribution in [2.24, 2.45) is 5.92 Å². The number of rotatable bonds is 5. The number of carbonyl (C=O) groups is 2. The van der Waals surface area contributed by atoms with Gasteiger partial charge < -0.3 is 10.0 Å². The average molecular weight is 307 g/mol. The van der Waals surface area contributed by atoms with Crippen molar-refractivity contribution < 1.29 is 14.7 Å². The number of thioether (sulfide) groups is 1. The molecule has 0 aliphatic carbocycles. The first kappa shape index (κ1) is 15.9. The van der Waals surface area contributed by atoms with E-state index >= 15 is 0 Å². The molecule has 2 rings (SSSR count). The van der Waals surface area contributed by atoms with Crippen LogP contribution >= 0.6 is 11.8 Å². The Morgan fingerprint density at radius 2 is 2.00 bits per heavy atom. The van der Waals surface area contributed by atoms with E-state index in [1.54, 1.807) is 16.7 Å². The zero-order valence-corrected chi connectivity index (χ0v) is 13.2. The molecule has 0 saturated carbocycles. The van der Waals surface area contributed by atoms with Crippen LogP contribution in [-0.4, -0.2) is 46.5 Å². The van der Waals surface area contributed by atoms with Crippen molar-refractivity contribution in [3.8, 4) is 0 Å². The number of carboxylic acids is 1. The van der Waals surface area contributed by atoms with E-state index in [0.717, 1.165) is 5.56 Å². The van der Waals surface area contributed by atoms with Gasteiger partial charge in [0.25, 0.3) is 0 Å². The van der Waals surface area contributed by atoms with Gasteiger partial charge in [-0.1, -0.05) is 37.3 Å². The quantitative estimate of drug-likeness (QED) is 0.908. The lowest BCUT2D eigenvalue weighted by Gasteiger charge is -2.18. The van der Waals surface area contributed by atoms with Gasteiger partial charge in [0, 0.05) is 30.7 Å². The third-order valence-electron chi connectivity index (χ3n) is 4.08. The van der Waals surface area contributed by atoms with E-state index in [4.69, 9.17) is 0 Å². The average Bonchev–Trinajstić information content (AvgIpc) is 2.93. The first-order valence-corrected chi connectivity index (χ1v) is 8.40. The van der Waals surface area contributed by atoms with Gasteiger partial charge in [-0.05, 0) is 11.8 Å². The summed E-state index contributed by atoms with van der Waals surface area (Å²) in [7, 11) is 0. The zero-order valence-electron chi connectivity index (χ0n) is 12.4. The lowest BCUT2D eigenvalue weighted by molar-refractivity contribution is -0.141. The van der Waals surface area contributed by atoms with Gasteiger partial charge >= 0.3 is 5.97 Å². The van der Waals surface area contributed by atoms with Gasteiger partial charge in [0.15, 0.2) is 0 Å². The van der Waals surface area contributed by atoms with Crippen LogP contribution in [0, 0.1) is 5.92 Å². The minimum Gasteiger partial charge on any atom is -0.481 e. The Bertz CT molecular complexity index is 506. The van der Waals surface area contributed by atoms with Crippen LogP contribution in [0.5, 0.6) is 0 Å². The fourth-order valence-electron chi connectivity index (χ4n) is 2.75. The molecule has 0 bridgehead atoms. The maximum Gasteiger partial charge on any atom is 0.308 e. The normalized spacial score (nSPS) is 23.0. The standard InChI is InChI=1S/C16H21NO3S/c1-11(21-2)8-15(18)17-9-13(14(10-17)16(19)20)12-6-4-3-5-7-12/h3-7,11,13-14H,8-10H2,1-2H3,(H,19,20). The molecule has 5 heteroatoms. The summed E-state index contributed by atoms with van der Waals surface area (Å²) in [4.78, 5) is 25.5. The summed E-state index contributed by atoms with van der Waals surface area (Å²) in [6.45, 7) is 2.83. The van der Waals surface area contributed by atoms with Crippen LogP contribution in [0.4, 0.5) is 0 Å². The molecule has 3 unspecified atom stereocenters. The number of carboxylic acid groups (broad SMARTS) is 1. The number of likely N-dealkylation sites (tertiary alicyclic amines) is 1. The molecule has 1 heterocycles. The predicted molar refractivity (Wildman–Crippen MR) is 84.5 cm³/mol. The molecule has 3 atom stereocenters. The van der Waals surface area contributed by atoms with Crippen LogP contribution in [0.1, 0.15) is 24.8 Å². The first-order valence-electron chi connectivity index (χ1n) is 7.11. The molecule has 114 valence electrons. The van der Waals surface area contributed by atoms with E-state index in [1.165, 1.54) is 0 Å². The summed E-state index contributed by atoms with van der Waals surface area (Å²) < 4.78 is 0. The van der Waals surface area contributed by atoms with Crippen molar-refractivity contribution in [3.63, 3.8) is 0 Å². The van der Waals surface area contributed by atoms with E-state index in [0.29, 0.717) is 19.5 Å². The summed E-state index contributed by atoms with van der Waals surface area (Å²) in [6, 6.07) is 9.62. The highest BCUT2D eigenvalue weighted by atomic mass is 32.2. The molecule has 1 amide bonds. The summed E-state index contributed by atoms with van der Waals surface area (Å²) in [5, 5.41) is 9.69.